The Kier molecular flexibility index (Phi) is 6.11. The predicted octanol–water partition coefficient (Wildman–Crippen LogP) is 3.27. The number of hydrogen-bond donors (Lipinski definition) is 1. The molecule has 0 bridgehead atoms. The first-order valence-electron chi connectivity index (χ1n) is 7.15. The average molecular weight is 333 g/mol. The van der Waals surface area contributed by atoms with Crippen molar-refractivity contribution in [3.63, 3.8) is 0 Å². The zero-order chi connectivity index (χ0) is 16.7. The molecule has 0 saturated heterocycles. The van der Waals surface area contributed by atoms with Gasteiger partial charge in [-0.1, -0.05) is 23.7 Å². The molecule has 0 unspecified atom stereocenters. The van der Waals surface area contributed by atoms with Crippen LogP contribution in [0.3, 0.4) is 0 Å². The molecule has 1 amide bonds. The number of benzene rings is 1. The maximum atomic E-state index is 11.8. The lowest BCUT2D eigenvalue weighted by atomic mass is 10.1. The lowest BCUT2D eigenvalue weighted by Crippen LogP contribution is -2.20. The molecule has 1 heterocycles. The standard InChI is InChI=1S/C17H17ClN2O3/c1-12(21)2-3-13-4-7-15(8-5-13)23-11-17(22)20-16-9-6-14(18)10-19-16/h4-10H,2-3,11H2,1H3,(H,19,20,22). The van der Waals surface area contributed by atoms with Gasteiger partial charge >= 0.3 is 0 Å². The van der Waals surface area contributed by atoms with E-state index in [1.165, 1.54) is 6.20 Å². The first-order chi connectivity index (χ1) is 11.0. The number of ether oxygens (including phenoxy) is 1. The van der Waals surface area contributed by atoms with E-state index in [0.717, 1.165) is 5.56 Å². The molecular weight excluding hydrogens is 316 g/mol. The Morgan fingerprint density at radius 2 is 1.91 bits per heavy atom. The van der Waals surface area contributed by atoms with Gasteiger partial charge in [0.2, 0.25) is 0 Å². The highest BCUT2D eigenvalue weighted by atomic mass is 35.5. The van der Waals surface area contributed by atoms with Gasteiger partial charge in [-0.25, -0.2) is 4.98 Å². The Balaban J connectivity index is 1.79. The van der Waals surface area contributed by atoms with Crippen LogP contribution in [0.25, 0.3) is 0 Å². The molecule has 6 heteroatoms. The van der Waals surface area contributed by atoms with Gasteiger partial charge in [0.05, 0.1) is 5.02 Å². The quantitative estimate of drug-likeness (QED) is 0.845. The number of amides is 1. The topological polar surface area (TPSA) is 68.3 Å². The van der Waals surface area contributed by atoms with Gasteiger partial charge in [0.1, 0.15) is 17.4 Å². The molecule has 2 rings (SSSR count). The molecule has 120 valence electrons. The van der Waals surface area contributed by atoms with Gasteiger partial charge in [0.15, 0.2) is 6.61 Å². The van der Waals surface area contributed by atoms with E-state index in [2.05, 4.69) is 10.3 Å². The van der Waals surface area contributed by atoms with Gasteiger partial charge in [-0.15, -0.1) is 0 Å². The Bertz CT molecular complexity index is 669. The van der Waals surface area contributed by atoms with Gasteiger partial charge in [0.25, 0.3) is 5.91 Å². The van der Waals surface area contributed by atoms with Crippen molar-refractivity contribution < 1.29 is 14.3 Å². The Morgan fingerprint density at radius 1 is 1.17 bits per heavy atom. The summed E-state index contributed by atoms with van der Waals surface area (Å²) in [5, 5.41) is 3.12. The van der Waals surface area contributed by atoms with E-state index in [9.17, 15) is 9.59 Å². The number of hydrogen-bond acceptors (Lipinski definition) is 4. The summed E-state index contributed by atoms with van der Waals surface area (Å²) in [6.45, 7) is 1.46. The normalized spacial score (nSPS) is 10.2. The smallest absolute Gasteiger partial charge is 0.263 e. The van der Waals surface area contributed by atoms with Gasteiger partial charge in [-0.2, -0.15) is 0 Å². The lowest BCUT2D eigenvalue weighted by molar-refractivity contribution is -0.118. The van der Waals surface area contributed by atoms with Crippen molar-refractivity contribution in [1.29, 1.82) is 0 Å². The molecule has 0 fully saturated rings. The van der Waals surface area contributed by atoms with Crippen LogP contribution in [0, 0.1) is 0 Å². The number of halogens is 1. The molecule has 5 nitrogen and oxygen atoms in total. The van der Waals surface area contributed by atoms with Gasteiger partial charge in [0, 0.05) is 12.6 Å². The summed E-state index contributed by atoms with van der Waals surface area (Å²) >= 11 is 5.72. The molecule has 0 saturated carbocycles. The molecular formula is C17H17ClN2O3. The number of ketones is 1. The Hall–Kier alpha value is -2.40. The fourth-order valence-electron chi connectivity index (χ4n) is 1.85. The molecule has 0 aliphatic carbocycles. The van der Waals surface area contributed by atoms with E-state index in [-0.39, 0.29) is 18.3 Å². The minimum atomic E-state index is -0.305. The second-order valence-corrected chi connectivity index (χ2v) is 5.48. The third kappa shape index (κ3) is 6.08. The highest BCUT2D eigenvalue weighted by Gasteiger charge is 2.05. The zero-order valence-electron chi connectivity index (χ0n) is 12.7. The summed E-state index contributed by atoms with van der Waals surface area (Å²) in [6, 6.07) is 10.6. The van der Waals surface area contributed by atoms with Crippen LogP contribution < -0.4 is 10.1 Å². The number of aromatic nitrogens is 1. The van der Waals surface area contributed by atoms with Crippen LogP contribution >= 0.6 is 11.6 Å². The molecule has 0 aliphatic rings. The third-order valence-electron chi connectivity index (χ3n) is 3.05. The van der Waals surface area contributed by atoms with Crippen molar-refractivity contribution in [2.24, 2.45) is 0 Å². The predicted molar refractivity (Wildman–Crippen MR) is 88.8 cm³/mol. The fraction of sp³-hybridized carbons (Fsp3) is 0.235. The highest BCUT2D eigenvalue weighted by Crippen LogP contribution is 2.14. The van der Waals surface area contributed by atoms with Crippen LogP contribution in [0.4, 0.5) is 5.82 Å². The highest BCUT2D eigenvalue weighted by molar-refractivity contribution is 6.30. The Morgan fingerprint density at radius 3 is 2.52 bits per heavy atom. The van der Waals surface area contributed by atoms with Crippen molar-refractivity contribution >= 4 is 29.1 Å². The minimum absolute atomic E-state index is 0.114. The second-order valence-electron chi connectivity index (χ2n) is 5.04. The maximum absolute atomic E-state index is 11.8. The van der Waals surface area contributed by atoms with Gasteiger partial charge in [-0.05, 0) is 43.2 Å². The molecule has 0 radical (unpaired) electrons. The summed E-state index contributed by atoms with van der Waals surface area (Å²) in [5.41, 5.74) is 1.06. The SMILES string of the molecule is CC(=O)CCc1ccc(OCC(=O)Nc2ccc(Cl)cn2)cc1. The van der Waals surface area contributed by atoms with Crippen molar-refractivity contribution in [2.45, 2.75) is 19.8 Å². The second kappa shape index (κ2) is 8.29. The summed E-state index contributed by atoms with van der Waals surface area (Å²) < 4.78 is 5.41. The zero-order valence-corrected chi connectivity index (χ0v) is 13.5. The number of anilines is 1. The number of nitrogens with one attached hydrogen (secondary N) is 1. The lowest BCUT2D eigenvalue weighted by Gasteiger charge is -2.08. The van der Waals surface area contributed by atoms with Crippen molar-refractivity contribution in [3.05, 3.63) is 53.2 Å². The fourth-order valence-corrected chi connectivity index (χ4v) is 1.96. The number of carbonyl (C=O) groups is 2. The summed E-state index contributed by atoms with van der Waals surface area (Å²) in [6.07, 6.45) is 2.69. The van der Waals surface area contributed by atoms with Gasteiger partial charge in [-0.3, -0.25) is 4.79 Å². The number of pyridine rings is 1. The number of aryl methyl sites for hydroxylation is 1. The van der Waals surface area contributed by atoms with Crippen molar-refractivity contribution in [3.8, 4) is 5.75 Å². The number of rotatable bonds is 7. The van der Waals surface area contributed by atoms with E-state index in [1.807, 2.05) is 12.1 Å². The monoisotopic (exact) mass is 332 g/mol. The van der Waals surface area contributed by atoms with Crippen LogP contribution in [-0.4, -0.2) is 23.3 Å². The van der Waals surface area contributed by atoms with E-state index < -0.39 is 0 Å². The van der Waals surface area contributed by atoms with Crippen molar-refractivity contribution in [2.75, 3.05) is 11.9 Å². The minimum Gasteiger partial charge on any atom is -0.484 e. The third-order valence-corrected chi connectivity index (χ3v) is 3.28. The molecule has 0 spiro atoms. The maximum Gasteiger partial charge on any atom is 0.263 e. The molecule has 0 aliphatic heterocycles. The number of Topliss-reactive ketones (excluding diaryl/α,β-unsaturated/α-hetero) is 1. The Labute approximate surface area is 139 Å². The number of carbonyl (C=O) groups excluding carboxylic acids is 2. The van der Waals surface area contributed by atoms with E-state index in [0.29, 0.717) is 29.4 Å². The molecule has 23 heavy (non-hydrogen) atoms. The van der Waals surface area contributed by atoms with Gasteiger partial charge < -0.3 is 14.8 Å². The van der Waals surface area contributed by atoms with Crippen LogP contribution in [0.2, 0.25) is 5.02 Å². The molecule has 2 aromatic rings. The molecule has 1 N–H and O–H groups in total. The van der Waals surface area contributed by atoms with Crippen molar-refractivity contribution in [1.82, 2.24) is 4.98 Å². The van der Waals surface area contributed by atoms with E-state index in [1.54, 1.807) is 31.2 Å². The first kappa shape index (κ1) is 17.0. The first-order valence-corrected chi connectivity index (χ1v) is 7.53. The number of nitrogens with zero attached hydrogens (tertiary/aromatic N) is 1. The average Bonchev–Trinajstić information content (AvgIpc) is 2.54. The summed E-state index contributed by atoms with van der Waals surface area (Å²) in [4.78, 5) is 26.7. The molecule has 1 aromatic carbocycles. The summed E-state index contributed by atoms with van der Waals surface area (Å²) in [5.74, 6) is 0.872. The summed E-state index contributed by atoms with van der Waals surface area (Å²) in [7, 11) is 0. The van der Waals surface area contributed by atoms with Crippen LogP contribution in [0.15, 0.2) is 42.6 Å². The van der Waals surface area contributed by atoms with Crippen LogP contribution in [0.5, 0.6) is 5.75 Å². The largest absolute Gasteiger partial charge is 0.484 e. The van der Waals surface area contributed by atoms with Crippen LogP contribution in [0.1, 0.15) is 18.9 Å². The van der Waals surface area contributed by atoms with E-state index in [4.69, 9.17) is 16.3 Å². The molecule has 0 atom stereocenters. The molecule has 1 aromatic heterocycles. The van der Waals surface area contributed by atoms with E-state index >= 15 is 0 Å². The van der Waals surface area contributed by atoms with Crippen LogP contribution in [-0.2, 0) is 16.0 Å².